The van der Waals surface area contributed by atoms with Crippen molar-refractivity contribution in [2.75, 3.05) is 5.75 Å². The maximum absolute atomic E-state index is 12.3. The maximum Gasteiger partial charge on any atom is 0.252 e. The summed E-state index contributed by atoms with van der Waals surface area (Å²) in [6, 6.07) is 15.2. The van der Waals surface area contributed by atoms with Crippen molar-refractivity contribution in [1.82, 2.24) is 5.32 Å². The van der Waals surface area contributed by atoms with Crippen LogP contribution in [-0.2, 0) is 11.3 Å². The van der Waals surface area contributed by atoms with E-state index >= 15 is 0 Å². The first-order chi connectivity index (χ1) is 10.6. The number of hydrogen-bond acceptors (Lipinski definition) is 3. The second kappa shape index (κ2) is 7.66. The molecule has 2 amide bonds. The second-order valence-electron chi connectivity index (χ2n) is 4.92. The molecule has 0 spiro atoms. The average molecular weight is 314 g/mol. The summed E-state index contributed by atoms with van der Waals surface area (Å²) in [4.78, 5) is 24.0. The quantitative estimate of drug-likeness (QED) is 0.805. The highest BCUT2D eigenvalue weighted by atomic mass is 32.2. The van der Waals surface area contributed by atoms with Gasteiger partial charge in [-0.1, -0.05) is 42.0 Å². The average Bonchev–Trinajstić information content (AvgIpc) is 2.52. The van der Waals surface area contributed by atoms with Gasteiger partial charge in [0.25, 0.3) is 5.91 Å². The van der Waals surface area contributed by atoms with Crippen molar-refractivity contribution in [2.24, 2.45) is 5.73 Å². The van der Waals surface area contributed by atoms with E-state index in [1.165, 1.54) is 17.3 Å². The molecule has 2 aromatic carbocycles. The largest absolute Gasteiger partial charge is 0.369 e. The van der Waals surface area contributed by atoms with Crippen molar-refractivity contribution in [3.05, 3.63) is 65.2 Å². The van der Waals surface area contributed by atoms with Gasteiger partial charge in [-0.2, -0.15) is 0 Å². The summed E-state index contributed by atoms with van der Waals surface area (Å²) in [7, 11) is 0. The first-order valence-electron chi connectivity index (χ1n) is 6.90. The number of primary amides is 1. The molecule has 0 saturated heterocycles. The van der Waals surface area contributed by atoms with E-state index in [1.54, 1.807) is 12.1 Å². The van der Waals surface area contributed by atoms with E-state index in [0.29, 0.717) is 12.1 Å². The van der Waals surface area contributed by atoms with E-state index in [4.69, 9.17) is 5.73 Å². The molecule has 0 fully saturated rings. The topological polar surface area (TPSA) is 72.2 Å². The first-order valence-corrected chi connectivity index (χ1v) is 7.88. The van der Waals surface area contributed by atoms with Gasteiger partial charge >= 0.3 is 0 Å². The van der Waals surface area contributed by atoms with Gasteiger partial charge in [-0.15, -0.1) is 11.8 Å². The zero-order valence-electron chi connectivity index (χ0n) is 12.3. The van der Waals surface area contributed by atoms with Crippen molar-refractivity contribution < 1.29 is 9.59 Å². The molecule has 0 aromatic heterocycles. The van der Waals surface area contributed by atoms with Gasteiger partial charge in [0.1, 0.15) is 0 Å². The van der Waals surface area contributed by atoms with Gasteiger partial charge in [0.15, 0.2) is 0 Å². The number of carbonyl (C=O) groups is 2. The van der Waals surface area contributed by atoms with E-state index in [9.17, 15) is 9.59 Å². The summed E-state index contributed by atoms with van der Waals surface area (Å²) < 4.78 is 0. The Morgan fingerprint density at radius 1 is 1.09 bits per heavy atom. The standard InChI is InChI=1S/C17H18N2O2S/c1-12-6-8-13(9-7-12)10-19-17(21)14-4-2-3-5-15(14)22-11-16(18)20/h2-9H,10-11H2,1H3,(H2,18,20)(H,19,21). The number of nitrogens with one attached hydrogen (secondary N) is 1. The predicted octanol–water partition coefficient (Wildman–Crippen LogP) is 2.50. The van der Waals surface area contributed by atoms with Crippen LogP contribution in [0.5, 0.6) is 0 Å². The minimum Gasteiger partial charge on any atom is -0.369 e. The molecule has 114 valence electrons. The molecule has 0 bridgehead atoms. The zero-order valence-corrected chi connectivity index (χ0v) is 13.2. The van der Waals surface area contributed by atoms with Gasteiger partial charge in [0.2, 0.25) is 5.91 Å². The smallest absolute Gasteiger partial charge is 0.252 e. The molecule has 0 saturated carbocycles. The molecule has 4 nitrogen and oxygen atoms in total. The molecule has 0 aliphatic heterocycles. The van der Waals surface area contributed by atoms with Crippen LogP contribution in [0.2, 0.25) is 0 Å². The lowest BCUT2D eigenvalue weighted by atomic mass is 10.1. The fourth-order valence-corrected chi connectivity index (χ4v) is 2.70. The van der Waals surface area contributed by atoms with Crippen molar-refractivity contribution in [3.63, 3.8) is 0 Å². The van der Waals surface area contributed by atoms with Gasteiger partial charge in [-0.25, -0.2) is 0 Å². The molecule has 2 aromatic rings. The summed E-state index contributed by atoms with van der Waals surface area (Å²) in [6.07, 6.45) is 0. The van der Waals surface area contributed by atoms with Gasteiger partial charge in [0, 0.05) is 11.4 Å². The van der Waals surface area contributed by atoms with Crippen LogP contribution in [0.25, 0.3) is 0 Å². The Morgan fingerprint density at radius 3 is 2.45 bits per heavy atom. The van der Waals surface area contributed by atoms with E-state index in [1.807, 2.05) is 43.3 Å². The molecule has 0 aliphatic rings. The molecule has 2 rings (SSSR count). The molecule has 0 atom stereocenters. The van der Waals surface area contributed by atoms with E-state index < -0.39 is 5.91 Å². The van der Waals surface area contributed by atoms with E-state index in [0.717, 1.165) is 10.5 Å². The summed E-state index contributed by atoms with van der Waals surface area (Å²) in [5, 5.41) is 2.89. The molecular formula is C17H18N2O2S. The first kappa shape index (κ1) is 16.1. The molecule has 0 heterocycles. The monoisotopic (exact) mass is 314 g/mol. The number of aryl methyl sites for hydroxylation is 1. The molecular weight excluding hydrogens is 296 g/mol. The number of benzene rings is 2. The minimum absolute atomic E-state index is 0.155. The molecule has 0 aliphatic carbocycles. The molecule has 0 unspecified atom stereocenters. The molecule has 3 N–H and O–H groups in total. The van der Waals surface area contributed by atoms with Crippen LogP contribution >= 0.6 is 11.8 Å². The number of hydrogen-bond donors (Lipinski definition) is 2. The van der Waals surface area contributed by atoms with Crippen LogP contribution in [0.1, 0.15) is 21.5 Å². The second-order valence-corrected chi connectivity index (χ2v) is 5.94. The van der Waals surface area contributed by atoms with Crippen LogP contribution in [0.3, 0.4) is 0 Å². The highest BCUT2D eigenvalue weighted by molar-refractivity contribution is 8.00. The zero-order chi connectivity index (χ0) is 15.9. The summed E-state index contributed by atoms with van der Waals surface area (Å²) in [5.74, 6) is -0.407. The lowest BCUT2D eigenvalue weighted by Gasteiger charge is -2.09. The Morgan fingerprint density at radius 2 is 1.77 bits per heavy atom. The highest BCUT2D eigenvalue weighted by Gasteiger charge is 2.11. The van der Waals surface area contributed by atoms with Crippen LogP contribution < -0.4 is 11.1 Å². The summed E-state index contributed by atoms with van der Waals surface area (Å²) >= 11 is 1.27. The third kappa shape index (κ3) is 4.63. The number of amides is 2. The Balaban J connectivity index is 2.02. The summed E-state index contributed by atoms with van der Waals surface area (Å²) in [5.41, 5.74) is 7.94. The van der Waals surface area contributed by atoms with Crippen LogP contribution in [0.15, 0.2) is 53.4 Å². The number of nitrogens with two attached hydrogens (primary N) is 1. The van der Waals surface area contributed by atoms with E-state index in [-0.39, 0.29) is 11.7 Å². The number of carbonyl (C=O) groups excluding carboxylic acids is 2. The third-order valence-corrected chi connectivity index (χ3v) is 4.17. The third-order valence-electron chi connectivity index (χ3n) is 3.08. The lowest BCUT2D eigenvalue weighted by molar-refractivity contribution is -0.115. The maximum atomic E-state index is 12.3. The highest BCUT2D eigenvalue weighted by Crippen LogP contribution is 2.22. The van der Waals surface area contributed by atoms with Crippen molar-refractivity contribution in [3.8, 4) is 0 Å². The fraction of sp³-hybridized carbons (Fsp3) is 0.176. The van der Waals surface area contributed by atoms with Crippen molar-refractivity contribution in [1.29, 1.82) is 0 Å². The van der Waals surface area contributed by atoms with Crippen LogP contribution in [0.4, 0.5) is 0 Å². The Bertz CT molecular complexity index is 669. The van der Waals surface area contributed by atoms with E-state index in [2.05, 4.69) is 5.32 Å². The molecule has 5 heteroatoms. The van der Waals surface area contributed by atoms with Crippen LogP contribution in [-0.4, -0.2) is 17.6 Å². The number of thioether (sulfide) groups is 1. The van der Waals surface area contributed by atoms with Gasteiger partial charge in [0.05, 0.1) is 11.3 Å². The molecule has 22 heavy (non-hydrogen) atoms. The van der Waals surface area contributed by atoms with Crippen molar-refractivity contribution >= 4 is 23.6 Å². The normalized spacial score (nSPS) is 10.2. The van der Waals surface area contributed by atoms with Gasteiger partial charge in [-0.3, -0.25) is 9.59 Å². The van der Waals surface area contributed by atoms with Gasteiger partial charge < -0.3 is 11.1 Å². The SMILES string of the molecule is Cc1ccc(CNC(=O)c2ccccc2SCC(N)=O)cc1. The van der Waals surface area contributed by atoms with Crippen molar-refractivity contribution in [2.45, 2.75) is 18.4 Å². The minimum atomic E-state index is -0.403. The van der Waals surface area contributed by atoms with Gasteiger partial charge in [-0.05, 0) is 24.6 Å². The van der Waals surface area contributed by atoms with Crippen LogP contribution in [0, 0.1) is 6.92 Å². The number of rotatable bonds is 6. The Kier molecular flexibility index (Phi) is 5.61. The predicted molar refractivity (Wildman–Crippen MR) is 88.7 cm³/mol. The summed E-state index contributed by atoms with van der Waals surface area (Å²) in [6.45, 7) is 2.49. The fourth-order valence-electron chi connectivity index (χ4n) is 1.91. The molecule has 0 radical (unpaired) electrons. The Labute approximate surface area is 134 Å². The Hall–Kier alpha value is -2.27. The lowest BCUT2D eigenvalue weighted by Crippen LogP contribution is -2.23.